The van der Waals surface area contributed by atoms with Crippen LogP contribution in [0.2, 0.25) is 0 Å². The van der Waals surface area contributed by atoms with E-state index in [0.717, 1.165) is 18.4 Å². The van der Waals surface area contributed by atoms with Gasteiger partial charge in [0.2, 0.25) is 0 Å². The summed E-state index contributed by atoms with van der Waals surface area (Å²) in [5.74, 6) is 0.433. The van der Waals surface area contributed by atoms with Crippen LogP contribution in [0, 0.1) is 11.7 Å². The summed E-state index contributed by atoms with van der Waals surface area (Å²) in [6.07, 6.45) is 4.46. The van der Waals surface area contributed by atoms with Gasteiger partial charge in [0.15, 0.2) is 11.6 Å². The van der Waals surface area contributed by atoms with E-state index < -0.39 is 0 Å². The first kappa shape index (κ1) is 23.2. The van der Waals surface area contributed by atoms with E-state index in [-0.39, 0.29) is 42.4 Å². The maximum Gasteiger partial charge on any atom is 0.327 e. The molecule has 1 aromatic carbocycles. The van der Waals surface area contributed by atoms with Crippen molar-refractivity contribution in [1.82, 2.24) is 20.8 Å². The van der Waals surface area contributed by atoms with E-state index in [4.69, 9.17) is 17.0 Å². The van der Waals surface area contributed by atoms with E-state index in [1.807, 2.05) is 6.92 Å². The molecule has 1 aliphatic carbocycles. The molecule has 0 radical (unpaired) electrons. The Balaban J connectivity index is 1.26. The van der Waals surface area contributed by atoms with E-state index in [9.17, 15) is 14.0 Å². The molecule has 2 heterocycles. The molecule has 2 aliphatic rings. The van der Waals surface area contributed by atoms with Crippen LogP contribution in [0.4, 0.5) is 14.9 Å². The Morgan fingerprint density at radius 1 is 1.39 bits per heavy atom. The minimum Gasteiger partial charge on any atom is -0.490 e. The zero-order valence-corrected chi connectivity index (χ0v) is 19.2. The second-order valence-corrected chi connectivity index (χ2v) is 8.92. The van der Waals surface area contributed by atoms with Crippen molar-refractivity contribution in [2.45, 2.75) is 38.6 Å². The van der Waals surface area contributed by atoms with Crippen molar-refractivity contribution in [3.05, 3.63) is 47.5 Å². The zero-order chi connectivity index (χ0) is 23.4. The van der Waals surface area contributed by atoms with Crippen LogP contribution >= 0.6 is 12.2 Å². The van der Waals surface area contributed by atoms with Gasteiger partial charge in [-0.05, 0) is 55.9 Å². The Bertz CT molecular complexity index is 1060. The van der Waals surface area contributed by atoms with Crippen molar-refractivity contribution in [2.24, 2.45) is 5.92 Å². The van der Waals surface area contributed by atoms with E-state index in [1.54, 1.807) is 18.2 Å². The number of carbonyl (C=O) groups excluding carboxylic acids is 2. The molecule has 2 fully saturated rings. The number of Topliss-reactive ketones (excluding diaryl/α,β-unsaturated/α-hetero) is 1. The number of benzene rings is 1. The van der Waals surface area contributed by atoms with Crippen LogP contribution in [0.15, 0.2) is 30.5 Å². The number of hydrogen-bond acceptors (Lipinski definition) is 7. The number of nitrogens with zero attached hydrogens (tertiary/aromatic N) is 3. The Hall–Kier alpha value is -2.98. The molecule has 2 N–H and O–H groups in total. The predicted molar refractivity (Wildman–Crippen MR) is 125 cm³/mol. The van der Waals surface area contributed by atoms with Crippen molar-refractivity contribution >= 4 is 34.7 Å². The molecule has 0 spiro atoms. The van der Waals surface area contributed by atoms with Gasteiger partial charge in [0.05, 0.1) is 37.3 Å². The number of amides is 2. The number of nitrogens with one attached hydrogen (secondary N) is 2. The number of halogens is 1. The Morgan fingerprint density at radius 2 is 2.21 bits per heavy atom. The molecule has 1 saturated heterocycles. The molecule has 174 valence electrons. The van der Waals surface area contributed by atoms with E-state index in [2.05, 4.69) is 20.8 Å². The third-order valence-electron chi connectivity index (χ3n) is 5.69. The fourth-order valence-electron chi connectivity index (χ4n) is 3.45. The summed E-state index contributed by atoms with van der Waals surface area (Å²) in [6.45, 7) is 2.94. The number of rotatable bonds is 11. The summed E-state index contributed by atoms with van der Waals surface area (Å²) >= 11 is 5.03. The van der Waals surface area contributed by atoms with Crippen LogP contribution in [0.1, 0.15) is 43.5 Å². The highest BCUT2D eigenvalue weighted by atomic mass is 32.1. The van der Waals surface area contributed by atoms with Gasteiger partial charge in [-0.1, -0.05) is 18.3 Å². The molecular weight excluding hydrogens is 445 g/mol. The van der Waals surface area contributed by atoms with Crippen LogP contribution in [0.25, 0.3) is 0 Å². The minimum absolute atomic E-state index is 0.0152. The van der Waals surface area contributed by atoms with Gasteiger partial charge < -0.3 is 15.4 Å². The Morgan fingerprint density at radius 3 is 2.94 bits per heavy atom. The fraction of sp³-hybridized carbons (Fsp3) is 0.435. The number of ether oxygens (including phenoxy) is 1. The van der Waals surface area contributed by atoms with Crippen LogP contribution in [-0.2, 0) is 11.2 Å². The van der Waals surface area contributed by atoms with Gasteiger partial charge in [0.25, 0.3) is 0 Å². The number of urea groups is 1. The van der Waals surface area contributed by atoms with Crippen molar-refractivity contribution in [3.63, 3.8) is 0 Å². The average Bonchev–Trinajstić information content (AvgIpc) is 3.57. The topological polar surface area (TPSA) is 96.5 Å². The molecule has 1 aromatic heterocycles. The van der Waals surface area contributed by atoms with Crippen molar-refractivity contribution < 1.29 is 18.7 Å². The number of thiocarbonyl (C=S) groups is 1. The summed E-state index contributed by atoms with van der Waals surface area (Å²) in [6, 6.07) is 6.10. The number of anilines is 1. The lowest BCUT2D eigenvalue weighted by molar-refractivity contribution is -0.118. The average molecular weight is 472 g/mol. The second kappa shape index (κ2) is 10.3. The van der Waals surface area contributed by atoms with Gasteiger partial charge in [-0.25, -0.2) is 9.18 Å². The van der Waals surface area contributed by atoms with Crippen molar-refractivity contribution in [1.29, 1.82) is 0 Å². The normalized spacial score (nSPS) is 16.6. The number of ketones is 1. The summed E-state index contributed by atoms with van der Waals surface area (Å²) < 4.78 is 19.6. The molecule has 2 aromatic rings. The maximum atomic E-state index is 14.0. The molecule has 1 atom stereocenters. The minimum atomic E-state index is -0.376. The standard InChI is InChI=1S/C23H26FN5O3S/c1-14(16-4-7-20(24)21(8-16)32-13-15-2-3-15)25-11-19(30)6-5-17-9-18(10-26-28-17)29-12-22(33)27-23(29)31/h4,7-10,14-15,25H,2-3,5-6,11-13H2,1H3,(H,27,31,33)/t14-/m1/s1. The Kier molecular flexibility index (Phi) is 7.24. The first-order valence-electron chi connectivity index (χ1n) is 11.0. The quantitative estimate of drug-likeness (QED) is 0.486. The highest BCUT2D eigenvalue weighted by Crippen LogP contribution is 2.31. The van der Waals surface area contributed by atoms with E-state index in [0.29, 0.717) is 41.9 Å². The number of aryl methyl sites for hydroxylation is 1. The fourth-order valence-corrected chi connectivity index (χ4v) is 3.67. The van der Waals surface area contributed by atoms with Gasteiger partial charge in [-0.3, -0.25) is 9.69 Å². The molecule has 1 saturated carbocycles. The molecule has 0 bridgehead atoms. The third kappa shape index (κ3) is 6.29. The Labute approximate surface area is 196 Å². The first-order valence-corrected chi connectivity index (χ1v) is 11.4. The van der Waals surface area contributed by atoms with Gasteiger partial charge in [0.1, 0.15) is 10.8 Å². The SMILES string of the molecule is C[C@@H](NCC(=O)CCc1cc(N2CC(=S)NC2=O)cnn1)c1ccc(F)c(OCC2CC2)c1. The monoisotopic (exact) mass is 471 g/mol. The molecule has 33 heavy (non-hydrogen) atoms. The lowest BCUT2D eigenvalue weighted by Crippen LogP contribution is -2.28. The highest BCUT2D eigenvalue weighted by molar-refractivity contribution is 7.80. The number of carbonyl (C=O) groups is 2. The number of aromatic nitrogens is 2. The summed E-state index contributed by atoms with van der Waals surface area (Å²) in [5.41, 5.74) is 2.07. The summed E-state index contributed by atoms with van der Waals surface area (Å²) in [4.78, 5) is 26.3. The summed E-state index contributed by atoms with van der Waals surface area (Å²) in [5, 5.41) is 13.8. The molecule has 2 amide bonds. The number of hydrogen-bond donors (Lipinski definition) is 2. The predicted octanol–water partition coefficient (Wildman–Crippen LogP) is 3.11. The van der Waals surface area contributed by atoms with Gasteiger partial charge in [0, 0.05) is 12.5 Å². The highest BCUT2D eigenvalue weighted by Gasteiger charge is 2.26. The first-order chi connectivity index (χ1) is 15.9. The van der Waals surface area contributed by atoms with Crippen molar-refractivity contribution in [3.8, 4) is 5.75 Å². The maximum absolute atomic E-state index is 14.0. The van der Waals surface area contributed by atoms with Crippen LogP contribution in [0.3, 0.4) is 0 Å². The van der Waals surface area contributed by atoms with Crippen LogP contribution in [0.5, 0.6) is 5.75 Å². The van der Waals surface area contributed by atoms with Crippen molar-refractivity contribution in [2.75, 3.05) is 24.6 Å². The molecule has 0 unspecified atom stereocenters. The van der Waals surface area contributed by atoms with E-state index >= 15 is 0 Å². The lowest BCUT2D eigenvalue weighted by atomic mass is 10.1. The van der Waals surface area contributed by atoms with Gasteiger partial charge in [-0.15, -0.1) is 0 Å². The molecular formula is C23H26FN5O3S. The largest absolute Gasteiger partial charge is 0.490 e. The van der Waals surface area contributed by atoms with Gasteiger partial charge in [-0.2, -0.15) is 10.2 Å². The molecule has 10 heteroatoms. The van der Waals surface area contributed by atoms with Gasteiger partial charge >= 0.3 is 6.03 Å². The third-order valence-corrected chi connectivity index (χ3v) is 5.92. The van der Waals surface area contributed by atoms with E-state index in [1.165, 1.54) is 17.2 Å². The molecule has 8 nitrogen and oxygen atoms in total. The molecule has 1 aliphatic heterocycles. The second-order valence-electron chi connectivity index (χ2n) is 8.43. The summed E-state index contributed by atoms with van der Waals surface area (Å²) in [7, 11) is 0. The smallest absolute Gasteiger partial charge is 0.327 e. The molecule has 4 rings (SSSR count). The van der Waals surface area contributed by atoms with Crippen LogP contribution < -0.4 is 20.3 Å². The zero-order valence-electron chi connectivity index (χ0n) is 18.3. The lowest BCUT2D eigenvalue weighted by Gasteiger charge is -2.16. The van der Waals surface area contributed by atoms with Crippen LogP contribution in [-0.4, -0.2) is 46.7 Å².